The van der Waals surface area contributed by atoms with Gasteiger partial charge in [-0.05, 0) is 31.5 Å². The molecule has 0 bridgehead atoms. The van der Waals surface area contributed by atoms with Crippen LogP contribution in [0, 0.1) is 10.1 Å². The number of H-pyrrole nitrogens is 1. The number of nitro groups is 1. The summed E-state index contributed by atoms with van der Waals surface area (Å²) in [6.07, 6.45) is -2.18. The number of phosphoric ester groups is 1. The third-order valence-corrected chi connectivity index (χ3v) is 10.3. The van der Waals surface area contributed by atoms with Crippen molar-refractivity contribution in [1.82, 2.24) is 23.9 Å². The van der Waals surface area contributed by atoms with E-state index in [1.165, 1.54) is 60.7 Å². The Balaban J connectivity index is 1.43. The third-order valence-electron chi connectivity index (χ3n) is 7.36. The van der Waals surface area contributed by atoms with E-state index in [1.807, 2.05) is 0 Å². The molecule has 5 N–H and O–H groups in total. The number of rotatable bonds is 12. The van der Waals surface area contributed by atoms with Crippen LogP contribution in [0.1, 0.15) is 25.6 Å². The highest BCUT2D eigenvalue weighted by molar-refractivity contribution is 7.63. The van der Waals surface area contributed by atoms with Crippen molar-refractivity contribution < 1.29 is 61.0 Å². The number of phosphoric acid groups is 1. The van der Waals surface area contributed by atoms with E-state index < -0.39 is 69.0 Å². The van der Waals surface area contributed by atoms with Crippen molar-refractivity contribution >= 4 is 44.5 Å². The number of nitrogens with one attached hydrogen (secondary N) is 1. The number of aryl methyl sites for hydroxylation is 1. The number of aromatic amines is 1. The van der Waals surface area contributed by atoms with Crippen molar-refractivity contribution in [2.45, 2.75) is 44.0 Å². The predicted octanol–water partition coefficient (Wildman–Crippen LogP) is 1.39. The summed E-state index contributed by atoms with van der Waals surface area (Å²) in [5.74, 6) is -0.223. The number of nitrogens with two attached hydrogens (primary N) is 1. The van der Waals surface area contributed by atoms with Gasteiger partial charge in [0.1, 0.15) is 18.0 Å². The number of anilines is 1. The molecule has 1 aliphatic rings. The summed E-state index contributed by atoms with van der Waals surface area (Å²) in [6, 6.07) is 5.26. The van der Waals surface area contributed by atoms with Crippen LogP contribution < -0.4 is 15.9 Å². The first-order valence-electron chi connectivity index (χ1n) is 14.0. The van der Waals surface area contributed by atoms with Gasteiger partial charge in [-0.15, -0.1) is 0 Å². The van der Waals surface area contributed by atoms with Gasteiger partial charge in [-0.3, -0.25) is 29.0 Å². The number of carbonyl (C=O) groups excluding carboxylic acids is 1. The standard InChI is InChI=1S/C25H30N8O14P2/c1-25(2,14-5-7-15(8-6-14)33(36)37)46-24(35)45-18-16(11-43-49(40,41)47-48(38,39)31-10-9-27-12-31)44-22(19(18)42-4)32-13-30(3)17-20(32)28-23(26)29-21(17)34/h5-10,12-13,16,18-19,22H,11H2,1-4H3,(H4-,26,28,29,34,38,39,40,41)/p+1/t16-,18?,19+,22-/m1/s1. The molecule has 264 valence electrons. The number of hydrogen-bond acceptors (Lipinski definition) is 15. The Morgan fingerprint density at radius 2 is 1.94 bits per heavy atom. The molecule has 3 aromatic heterocycles. The normalized spacial score (nSPS) is 22.0. The average molecular weight is 730 g/mol. The van der Waals surface area contributed by atoms with E-state index in [0.29, 0.717) is 9.90 Å². The zero-order chi connectivity index (χ0) is 35.9. The number of nitrogen functional groups attached to an aromatic ring is 1. The van der Waals surface area contributed by atoms with Gasteiger partial charge >= 0.3 is 27.4 Å². The summed E-state index contributed by atoms with van der Waals surface area (Å²) in [6.45, 7) is 2.13. The smallest absolute Gasteiger partial charge is 0.425 e. The number of methoxy groups -OCH3 is 1. The molecule has 5 rings (SSSR count). The Morgan fingerprint density at radius 3 is 2.55 bits per heavy atom. The van der Waals surface area contributed by atoms with Gasteiger partial charge in [0.2, 0.25) is 11.7 Å². The number of hydrogen-bond donors (Lipinski definition) is 4. The monoisotopic (exact) mass is 729 g/mol. The molecule has 1 aliphatic heterocycles. The minimum atomic E-state index is -5.31. The molecule has 1 aromatic carbocycles. The minimum Gasteiger partial charge on any atom is -0.425 e. The fraction of sp³-hybridized carbons (Fsp3) is 0.400. The Morgan fingerprint density at radius 1 is 1.24 bits per heavy atom. The van der Waals surface area contributed by atoms with Crippen LogP contribution in [0.3, 0.4) is 0 Å². The van der Waals surface area contributed by atoms with Gasteiger partial charge in [0.15, 0.2) is 18.5 Å². The molecule has 1 saturated heterocycles. The van der Waals surface area contributed by atoms with E-state index in [-0.39, 0.29) is 22.8 Å². The van der Waals surface area contributed by atoms with Crippen molar-refractivity contribution in [2.24, 2.45) is 7.05 Å². The van der Waals surface area contributed by atoms with Gasteiger partial charge in [-0.2, -0.15) is 4.31 Å². The minimum absolute atomic E-state index is 0.0377. The van der Waals surface area contributed by atoms with E-state index >= 15 is 0 Å². The number of ether oxygens (including phenoxy) is 4. The van der Waals surface area contributed by atoms with Gasteiger partial charge in [0.05, 0.1) is 18.6 Å². The zero-order valence-electron chi connectivity index (χ0n) is 26.1. The Bertz CT molecular complexity index is 2020. The predicted molar refractivity (Wildman–Crippen MR) is 162 cm³/mol. The molecule has 24 heteroatoms. The zero-order valence-corrected chi connectivity index (χ0v) is 27.9. The Hall–Kier alpha value is -4.53. The van der Waals surface area contributed by atoms with E-state index in [2.05, 4.69) is 19.3 Å². The summed E-state index contributed by atoms with van der Waals surface area (Å²) in [5, 5.41) is 11.1. The molecule has 3 unspecified atom stereocenters. The topological polar surface area (TPSA) is 289 Å². The lowest BCUT2D eigenvalue weighted by molar-refractivity contribution is -0.746. The maximum absolute atomic E-state index is 13.2. The molecule has 49 heavy (non-hydrogen) atoms. The van der Waals surface area contributed by atoms with Crippen molar-refractivity contribution in [3.8, 4) is 0 Å². The van der Waals surface area contributed by atoms with E-state index in [1.54, 1.807) is 7.05 Å². The van der Waals surface area contributed by atoms with Crippen molar-refractivity contribution in [3.05, 3.63) is 75.3 Å². The first kappa shape index (κ1) is 35.8. The molecule has 0 spiro atoms. The van der Waals surface area contributed by atoms with Gasteiger partial charge in [-0.1, -0.05) is 4.98 Å². The molecule has 4 aromatic rings. The van der Waals surface area contributed by atoms with Crippen molar-refractivity contribution in [2.75, 3.05) is 19.5 Å². The number of benzene rings is 1. The molecule has 0 radical (unpaired) electrons. The van der Waals surface area contributed by atoms with Crippen LogP contribution in [0.4, 0.5) is 16.4 Å². The number of aromatic nitrogens is 6. The molecule has 1 fully saturated rings. The quantitative estimate of drug-likeness (QED) is 0.0526. The maximum Gasteiger partial charge on any atom is 0.509 e. The lowest BCUT2D eigenvalue weighted by Crippen LogP contribution is -2.48. The van der Waals surface area contributed by atoms with Crippen molar-refractivity contribution in [1.29, 1.82) is 0 Å². The first-order chi connectivity index (χ1) is 22.9. The molecule has 0 aliphatic carbocycles. The number of nitrogens with zero attached hydrogens (tertiary/aromatic N) is 6. The van der Waals surface area contributed by atoms with Gasteiger partial charge in [0.25, 0.3) is 17.2 Å². The summed E-state index contributed by atoms with van der Waals surface area (Å²) >= 11 is 0. The first-order valence-corrected chi connectivity index (χ1v) is 17.0. The molecule has 0 saturated carbocycles. The van der Waals surface area contributed by atoms with Crippen LogP contribution in [-0.4, -0.2) is 76.8 Å². The van der Waals surface area contributed by atoms with E-state index in [0.717, 1.165) is 18.7 Å². The number of non-ortho nitro benzene ring substituents is 1. The highest BCUT2D eigenvalue weighted by atomic mass is 31.3. The van der Waals surface area contributed by atoms with Crippen LogP contribution in [0.5, 0.6) is 0 Å². The van der Waals surface area contributed by atoms with Crippen LogP contribution in [0.15, 0.2) is 54.1 Å². The lowest BCUT2D eigenvalue weighted by Gasteiger charge is -2.28. The fourth-order valence-electron chi connectivity index (χ4n) is 5.07. The summed E-state index contributed by atoms with van der Waals surface area (Å²) in [7, 11) is -7.46. The second-order valence-electron chi connectivity index (χ2n) is 11.1. The van der Waals surface area contributed by atoms with Crippen LogP contribution >= 0.6 is 15.6 Å². The fourth-order valence-corrected chi connectivity index (χ4v) is 7.43. The van der Waals surface area contributed by atoms with Gasteiger partial charge in [-0.25, -0.2) is 27.8 Å². The molecular formula is C25H31N8O14P2+. The molecule has 22 nitrogen and oxygen atoms in total. The number of nitro benzene ring substituents is 1. The van der Waals surface area contributed by atoms with E-state index in [4.69, 9.17) is 29.2 Å². The largest absolute Gasteiger partial charge is 0.509 e. The number of imidazole rings is 2. The van der Waals surface area contributed by atoms with Gasteiger partial charge in [0, 0.05) is 31.6 Å². The molecular weight excluding hydrogens is 698 g/mol. The Labute approximate surface area is 275 Å². The van der Waals surface area contributed by atoms with Crippen LogP contribution in [-0.2, 0) is 49.6 Å². The average Bonchev–Trinajstić information content (AvgIpc) is 3.74. The van der Waals surface area contributed by atoms with Crippen LogP contribution in [0.25, 0.3) is 11.2 Å². The number of fused-ring (bicyclic) bond motifs is 1. The van der Waals surface area contributed by atoms with Gasteiger partial charge < -0.3 is 34.5 Å². The Kier molecular flexibility index (Phi) is 9.79. The molecule has 0 amide bonds. The maximum atomic E-state index is 13.2. The van der Waals surface area contributed by atoms with Crippen LogP contribution in [0.2, 0.25) is 0 Å². The second-order valence-corrected chi connectivity index (χ2v) is 14.3. The summed E-state index contributed by atoms with van der Waals surface area (Å²) in [5.41, 5.74) is 4.14. The summed E-state index contributed by atoms with van der Waals surface area (Å²) in [4.78, 5) is 67.0. The second kappa shape index (κ2) is 13.4. The highest BCUT2D eigenvalue weighted by Gasteiger charge is 2.53. The highest BCUT2D eigenvalue weighted by Crippen LogP contribution is 2.60. The van der Waals surface area contributed by atoms with Crippen molar-refractivity contribution in [3.63, 3.8) is 0 Å². The molecule has 4 heterocycles. The number of carbonyl (C=O) groups is 1. The third kappa shape index (κ3) is 7.56. The SMILES string of the molecule is CO[C@H]1C(OC(=O)OC(C)(C)c2ccc([N+](=O)[O-])cc2)[C@@H](COP(=O)(O)OP(=O)(O)n2ccnc2)O[C@H]1[n+]1cn(C)c2c(=O)[nH]c(N)nc21. The lowest BCUT2D eigenvalue weighted by atomic mass is 9.98. The summed E-state index contributed by atoms with van der Waals surface area (Å²) < 4.78 is 61.1. The van der Waals surface area contributed by atoms with E-state index in [9.17, 15) is 38.6 Å². The molecule has 6 atom stereocenters.